The van der Waals surface area contributed by atoms with E-state index >= 15 is 0 Å². The average Bonchev–Trinajstić information content (AvgIpc) is 3.03. The maximum absolute atomic E-state index is 5.98. The van der Waals surface area contributed by atoms with Crippen molar-refractivity contribution in [3.8, 4) is 5.75 Å². The van der Waals surface area contributed by atoms with Crippen LogP contribution in [0.3, 0.4) is 0 Å². The molecule has 3 heteroatoms. The number of rotatable bonds is 4. The Morgan fingerprint density at radius 1 is 1.04 bits per heavy atom. The zero-order chi connectivity index (χ0) is 16.3. The Hall–Kier alpha value is -1.06. The second-order valence-corrected chi connectivity index (χ2v) is 8.06. The van der Waals surface area contributed by atoms with Crippen LogP contribution in [0.1, 0.15) is 58.1 Å². The molecule has 2 fully saturated rings. The fourth-order valence-corrected chi connectivity index (χ4v) is 4.10. The van der Waals surface area contributed by atoms with Gasteiger partial charge >= 0.3 is 0 Å². The predicted octanol–water partition coefficient (Wildman–Crippen LogP) is 4.00. The van der Waals surface area contributed by atoms with Crippen molar-refractivity contribution in [2.24, 2.45) is 5.92 Å². The van der Waals surface area contributed by atoms with Gasteiger partial charge in [0.15, 0.2) is 0 Å². The first-order valence-electron chi connectivity index (χ1n) is 9.27. The zero-order valence-electron chi connectivity index (χ0n) is 15.0. The zero-order valence-corrected chi connectivity index (χ0v) is 15.0. The van der Waals surface area contributed by atoms with Crippen LogP contribution in [0.4, 0.5) is 0 Å². The van der Waals surface area contributed by atoms with Crippen LogP contribution in [0.15, 0.2) is 24.3 Å². The SMILES string of the molecule is CC(C)(C)Oc1ccc([C@H](C2CCCC2)N2CCNCC2)cc1. The van der Waals surface area contributed by atoms with Crippen LogP contribution in [0.2, 0.25) is 0 Å². The van der Waals surface area contributed by atoms with Crippen LogP contribution in [0.5, 0.6) is 5.75 Å². The molecule has 1 atom stereocenters. The van der Waals surface area contributed by atoms with E-state index in [0.717, 1.165) is 24.8 Å². The molecule has 3 rings (SSSR count). The molecule has 1 aromatic carbocycles. The largest absolute Gasteiger partial charge is 0.488 e. The normalized spacial score (nSPS) is 22.2. The van der Waals surface area contributed by atoms with Gasteiger partial charge < -0.3 is 10.1 Å². The molecule has 1 saturated carbocycles. The lowest BCUT2D eigenvalue weighted by atomic mass is 9.89. The molecule has 0 spiro atoms. The van der Waals surface area contributed by atoms with Crippen molar-refractivity contribution in [2.45, 2.75) is 58.1 Å². The van der Waals surface area contributed by atoms with Gasteiger partial charge in [0.2, 0.25) is 0 Å². The van der Waals surface area contributed by atoms with Crippen molar-refractivity contribution in [3.05, 3.63) is 29.8 Å². The lowest BCUT2D eigenvalue weighted by molar-refractivity contribution is 0.124. The van der Waals surface area contributed by atoms with Crippen LogP contribution in [0.25, 0.3) is 0 Å². The van der Waals surface area contributed by atoms with Crippen molar-refractivity contribution in [3.63, 3.8) is 0 Å². The Balaban J connectivity index is 1.78. The van der Waals surface area contributed by atoms with Crippen LogP contribution in [-0.2, 0) is 0 Å². The van der Waals surface area contributed by atoms with Gasteiger partial charge in [-0.1, -0.05) is 25.0 Å². The Morgan fingerprint density at radius 3 is 2.22 bits per heavy atom. The monoisotopic (exact) mass is 316 g/mol. The quantitative estimate of drug-likeness (QED) is 0.908. The summed E-state index contributed by atoms with van der Waals surface area (Å²) < 4.78 is 5.98. The summed E-state index contributed by atoms with van der Waals surface area (Å²) in [5, 5.41) is 3.48. The van der Waals surface area contributed by atoms with E-state index in [1.807, 2.05) is 0 Å². The molecule has 1 aliphatic heterocycles. The fraction of sp³-hybridized carbons (Fsp3) is 0.700. The van der Waals surface area contributed by atoms with Gasteiger partial charge in [-0.25, -0.2) is 0 Å². The van der Waals surface area contributed by atoms with E-state index < -0.39 is 0 Å². The van der Waals surface area contributed by atoms with Gasteiger partial charge in [0, 0.05) is 32.2 Å². The van der Waals surface area contributed by atoms with Crippen molar-refractivity contribution in [2.75, 3.05) is 26.2 Å². The Kier molecular flexibility index (Phi) is 5.27. The molecular formula is C20H32N2O. The molecule has 1 N–H and O–H groups in total. The molecule has 0 bridgehead atoms. The third-order valence-corrected chi connectivity index (χ3v) is 5.04. The summed E-state index contributed by atoms with van der Waals surface area (Å²) >= 11 is 0. The van der Waals surface area contributed by atoms with Gasteiger partial charge in [0.05, 0.1) is 0 Å². The smallest absolute Gasteiger partial charge is 0.120 e. The third-order valence-electron chi connectivity index (χ3n) is 5.04. The van der Waals surface area contributed by atoms with E-state index in [4.69, 9.17) is 4.74 Å². The van der Waals surface area contributed by atoms with Crippen LogP contribution in [-0.4, -0.2) is 36.7 Å². The molecule has 3 nitrogen and oxygen atoms in total. The summed E-state index contributed by atoms with van der Waals surface area (Å²) in [4.78, 5) is 2.70. The first-order chi connectivity index (χ1) is 11.0. The molecule has 0 amide bonds. The average molecular weight is 316 g/mol. The lowest BCUT2D eigenvalue weighted by Crippen LogP contribution is -2.46. The molecule has 1 saturated heterocycles. The fourth-order valence-electron chi connectivity index (χ4n) is 4.10. The number of ether oxygens (including phenoxy) is 1. The van der Waals surface area contributed by atoms with Crippen molar-refractivity contribution < 1.29 is 4.74 Å². The Bertz CT molecular complexity index is 479. The lowest BCUT2D eigenvalue weighted by Gasteiger charge is -2.38. The minimum Gasteiger partial charge on any atom is -0.488 e. The van der Waals surface area contributed by atoms with Crippen LogP contribution in [0, 0.1) is 5.92 Å². The highest BCUT2D eigenvalue weighted by atomic mass is 16.5. The van der Waals surface area contributed by atoms with E-state index in [-0.39, 0.29) is 5.60 Å². The Labute approximate surface area is 141 Å². The number of piperazine rings is 1. The standard InChI is InChI=1S/C20H32N2O/c1-20(2,3)23-18-10-8-17(9-11-18)19(16-6-4-5-7-16)22-14-12-21-13-15-22/h8-11,16,19,21H,4-7,12-15H2,1-3H3/t19-/m0/s1. The number of nitrogens with one attached hydrogen (secondary N) is 1. The number of nitrogens with zero attached hydrogens (tertiary/aromatic N) is 1. The molecule has 1 aromatic rings. The summed E-state index contributed by atoms with van der Waals surface area (Å²) in [6.45, 7) is 10.9. The van der Waals surface area contributed by atoms with Crippen LogP contribution < -0.4 is 10.1 Å². The van der Waals surface area contributed by atoms with E-state index in [1.54, 1.807) is 0 Å². The topological polar surface area (TPSA) is 24.5 Å². The van der Waals surface area contributed by atoms with Gasteiger partial charge in [-0.3, -0.25) is 4.90 Å². The van der Waals surface area contributed by atoms with E-state index in [1.165, 1.54) is 44.3 Å². The second-order valence-electron chi connectivity index (χ2n) is 8.06. The summed E-state index contributed by atoms with van der Waals surface area (Å²) in [7, 11) is 0. The van der Waals surface area contributed by atoms with Gasteiger partial charge in [-0.15, -0.1) is 0 Å². The summed E-state index contributed by atoms with van der Waals surface area (Å²) in [5.41, 5.74) is 1.34. The second kappa shape index (κ2) is 7.23. The predicted molar refractivity (Wildman–Crippen MR) is 96.0 cm³/mol. The molecule has 0 aromatic heterocycles. The first kappa shape index (κ1) is 16.8. The maximum Gasteiger partial charge on any atom is 0.120 e. The molecule has 0 radical (unpaired) electrons. The molecule has 1 aliphatic carbocycles. The van der Waals surface area contributed by atoms with Gasteiger partial charge in [-0.05, 0) is 57.2 Å². The molecule has 2 aliphatic rings. The Morgan fingerprint density at radius 2 is 1.65 bits per heavy atom. The van der Waals surface area contributed by atoms with Gasteiger partial charge in [0.1, 0.15) is 11.4 Å². The highest BCUT2D eigenvalue weighted by Crippen LogP contribution is 2.40. The number of hydrogen-bond donors (Lipinski definition) is 1. The first-order valence-corrected chi connectivity index (χ1v) is 9.27. The van der Waals surface area contributed by atoms with Gasteiger partial charge in [-0.2, -0.15) is 0 Å². The molecule has 0 unspecified atom stereocenters. The highest BCUT2D eigenvalue weighted by Gasteiger charge is 2.31. The molecule has 128 valence electrons. The van der Waals surface area contributed by atoms with Crippen LogP contribution >= 0.6 is 0 Å². The van der Waals surface area contributed by atoms with E-state index in [2.05, 4.69) is 55.3 Å². The number of benzene rings is 1. The number of hydrogen-bond acceptors (Lipinski definition) is 3. The van der Waals surface area contributed by atoms with Crippen molar-refractivity contribution in [1.82, 2.24) is 10.2 Å². The summed E-state index contributed by atoms with van der Waals surface area (Å²) in [6.07, 6.45) is 5.57. The minimum atomic E-state index is -0.134. The summed E-state index contributed by atoms with van der Waals surface area (Å²) in [5.74, 6) is 1.80. The van der Waals surface area contributed by atoms with E-state index in [0.29, 0.717) is 6.04 Å². The van der Waals surface area contributed by atoms with Crippen molar-refractivity contribution >= 4 is 0 Å². The summed E-state index contributed by atoms with van der Waals surface area (Å²) in [6, 6.07) is 9.50. The maximum atomic E-state index is 5.98. The van der Waals surface area contributed by atoms with Gasteiger partial charge in [0.25, 0.3) is 0 Å². The molecule has 23 heavy (non-hydrogen) atoms. The third kappa shape index (κ3) is 4.48. The van der Waals surface area contributed by atoms with E-state index in [9.17, 15) is 0 Å². The molecular weight excluding hydrogens is 284 g/mol. The molecule has 1 heterocycles. The van der Waals surface area contributed by atoms with Crippen molar-refractivity contribution in [1.29, 1.82) is 0 Å². The minimum absolute atomic E-state index is 0.134. The highest BCUT2D eigenvalue weighted by molar-refractivity contribution is 5.30.